The quantitative estimate of drug-likeness (QED) is 0.345. The average molecular weight is 466 g/mol. The Morgan fingerprint density at radius 1 is 1.00 bits per heavy atom. The standard InChI is InChI=1S/C27H35N3O4/c1-2-34-26(32)22-14-16-23(17-15-22)29-27(33)28-19-8-20-30(24-11-4-3-5-12-24)25(31)18-13-21-9-6-7-10-21/h3-5,11-12,14-17,21H,2,6-10,13,18-20H2,1H3,(H2,28,29,33). The molecule has 0 atom stereocenters. The van der Waals surface area contributed by atoms with Gasteiger partial charge in [0.2, 0.25) is 5.91 Å². The van der Waals surface area contributed by atoms with Crippen molar-refractivity contribution in [2.24, 2.45) is 5.92 Å². The number of urea groups is 1. The van der Waals surface area contributed by atoms with Gasteiger partial charge in [-0.05, 0) is 62.1 Å². The van der Waals surface area contributed by atoms with E-state index >= 15 is 0 Å². The zero-order valence-electron chi connectivity index (χ0n) is 19.9. The Hall–Kier alpha value is -3.35. The van der Waals surface area contributed by atoms with Crippen molar-refractivity contribution in [2.75, 3.05) is 29.9 Å². The molecule has 182 valence electrons. The lowest BCUT2D eigenvalue weighted by atomic mass is 10.0. The van der Waals surface area contributed by atoms with Crippen LogP contribution in [0.2, 0.25) is 0 Å². The van der Waals surface area contributed by atoms with E-state index < -0.39 is 0 Å². The van der Waals surface area contributed by atoms with Gasteiger partial charge in [0.25, 0.3) is 0 Å². The van der Waals surface area contributed by atoms with Crippen LogP contribution in [0.4, 0.5) is 16.2 Å². The lowest BCUT2D eigenvalue weighted by Gasteiger charge is -2.24. The van der Waals surface area contributed by atoms with Gasteiger partial charge in [0, 0.05) is 30.9 Å². The first-order valence-corrected chi connectivity index (χ1v) is 12.2. The van der Waals surface area contributed by atoms with Crippen LogP contribution in [0.1, 0.15) is 62.2 Å². The van der Waals surface area contributed by atoms with Gasteiger partial charge >= 0.3 is 12.0 Å². The van der Waals surface area contributed by atoms with Crippen LogP contribution in [0.5, 0.6) is 0 Å². The number of hydrogen-bond acceptors (Lipinski definition) is 4. The molecule has 0 heterocycles. The molecule has 7 heteroatoms. The van der Waals surface area contributed by atoms with Crippen LogP contribution < -0.4 is 15.5 Å². The number of hydrogen-bond donors (Lipinski definition) is 2. The minimum Gasteiger partial charge on any atom is -0.462 e. The molecule has 1 fully saturated rings. The van der Waals surface area contributed by atoms with E-state index in [1.54, 1.807) is 31.2 Å². The van der Waals surface area contributed by atoms with Crippen molar-refractivity contribution in [3.05, 3.63) is 60.2 Å². The third-order valence-electron chi connectivity index (χ3n) is 6.11. The van der Waals surface area contributed by atoms with Gasteiger partial charge in [0.15, 0.2) is 0 Å². The van der Waals surface area contributed by atoms with Gasteiger partial charge in [0.05, 0.1) is 12.2 Å². The second-order valence-electron chi connectivity index (χ2n) is 8.60. The molecule has 0 aliphatic heterocycles. The van der Waals surface area contributed by atoms with Crippen molar-refractivity contribution < 1.29 is 19.1 Å². The molecular formula is C27H35N3O4. The van der Waals surface area contributed by atoms with Crippen LogP contribution in [-0.2, 0) is 9.53 Å². The molecule has 2 aromatic rings. The molecule has 34 heavy (non-hydrogen) atoms. The molecule has 0 unspecified atom stereocenters. The number of ether oxygens (including phenoxy) is 1. The Balaban J connectivity index is 1.44. The lowest BCUT2D eigenvalue weighted by molar-refractivity contribution is -0.118. The van der Waals surface area contributed by atoms with E-state index in [4.69, 9.17) is 4.74 Å². The highest BCUT2D eigenvalue weighted by atomic mass is 16.5. The minimum atomic E-state index is -0.390. The summed E-state index contributed by atoms with van der Waals surface area (Å²) in [6, 6.07) is 15.9. The summed E-state index contributed by atoms with van der Waals surface area (Å²) >= 11 is 0. The van der Waals surface area contributed by atoms with Crippen LogP contribution in [0.15, 0.2) is 54.6 Å². The highest BCUT2D eigenvalue weighted by Crippen LogP contribution is 2.29. The van der Waals surface area contributed by atoms with E-state index in [-0.39, 0.29) is 17.9 Å². The summed E-state index contributed by atoms with van der Waals surface area (Å²) in [5, 5.41) is 5.58. The maximum Gasteiger partial charge on any atom is 0.338 e. The van der Waals surface area contributed by atoms with E-state index in [0.29, 0.717) is 49.7 Å². The molecule has 0 aromatic heterocycles. The topological polar surface area (TPSA) is 87.7 Å². The number of anilines is 2. The maximum atomic E-state index is 13.0. The number of amides is 3. The predicted molar refractivity (Wildman–Crippen MR) is 134 cm³/mol. The fourth-order valence-corrected chi connectivity index (χ4v) is 4.29. The summed E-state index contributed by atoms with van der Waals surface area (Å²) in [4.78, 5) is 38.8. The number of nitrogens with one attached hydrogen (secondary N) is 2. The molecule has 2 N–H and O–H groups in total. The van der Waals surface area contributed by atoms with Crippen molar-refractivity contribution in [3.63, 3.8) is 0 Å². The van der Waals surface area contributed by atoms with Gasteiger partial charge in [0.1, 0.15) is 0 Å². The SMILES string of the molecule is CCOC(=O)c1ccc(NC(=O)NCCCN(C(=O)CCC2CCCC2)c2ccccc2)cc1. The number of benzene rings is 2. The van der Waals surface area contributed by atoms with Crippen LogP contribution in [0.3, 0.4) is 0 Å². The smallest absolute Gasteiger partial charge is 0.338 e. The fourth-order valence-electron chi connectivity index (χ4n) is 4.29. The predicted octanol–water partition coefficient (Wildman–Crippen LogP) is 5.38. The summed E-state index contributed by atoms with van der Waals surface area (Å²) in [5.74, 6) is 0.432. The molecule has 0 radical (unpaired) electrons. The Bertz CT molecular complexity index is 925. The monoisotopic (exact) mass is 465 g/mol. The Morgan fingerprint density at radius 3 is 2.38 bits per heavy atom. The molecule has 1 aliphatic rings. The van der Waals surface area contributed by atoms with Crippen molar-refractivity contribution in [1.82, 2.24) is 5.32 Å². The van der Waals surface area contributed by atoms with Crippen LogP contribution in [0, 0.1) is 5.92 Å². The molecule has 0 spiro atoms. The van der Waals surface area contributed by atoms with Crippen molar-refractivity contribution in [2.45, 2.75) is 51.9 Å². The van der Waals surface area contributed by atoms with Gasteiger partial charge in [-0.15, -0.1) is 0 Å². The van der Waals surface area contributed by atoms with Gasteiger partial charge < -0.3 is 20.3 Å². The first-order valence-electron chi connectivity index (χ1n) is 12.2. The number of nitrogens with zero attached hydrogens (tertiary/aromatic N) is 1. The van der Waals surface area contributed by atoms with Crippen LogP contribution in [-0.4, -0.2) is 37.6 Å². The van der Waals surface area contributed by atoms with Gasteiger partial charge in [-0.3, -0.25) is 4.79 Å². The molecule has 0 bridgehead atoms. The lowest BCUT2D eigenvalue weighted by Crippen LogP contribution is -2.35. The van der Waals surface area contributed by atoms with E-state index in [0.717, 1.165) is 12.1 Å². The molecule has 0 saturated heterocycles. The molecule has 7 nitrogen and oxygen atoms in total. The third-order valence-corrected chi connectivity index (χ3v) is 6.11. The summed E-state index contributed by atoms with van der Waals surface area (Å²) < 4.78 is 4.96. The number of carbonyl (C=O) groups excluding carboxylic acids is 3. The van der Waals surface area contributed by atoms with Crippen LogP contribution >= 0.6 is 0 Å². The molecule has 3 amide bonds. The maximum absolute atomic E-state index is 13.0. The average Bonchev–Trinajstić information content (AvgIpc) is 3.37. The van der Waals surface area contributed by atoms with Crippen LogP contribution in [0.25, 0.3) is 0 Å². The van der Waals surface area contributed by atoms with Crippen molar-refractivity contribution in [3.8, 4) is 0 Å². The van der Waals surface area contributed by atoms with Crippen molar-refractivity contribution in [1.29, 1.82) is 0 Å². The molecular weight excluding hydrogens is 430 g/mol. The zero-order valence-corrected chi connectivity index (χ0v) is 19.9. The molecule has 2 aromatic carbocycles. The fraction of sp³-hybridized carbons (Fsp3) is 0.444. The van der Waals surface area contributed by atoms with E-state index in [9.17, 15) is 14.4 Å². The van der Waals surface area contributed by atoms with E-state index in [1.807, 2.05) is 35.2 Å². The Kier molecular flexibility index (Phi) is 9.95. The number of para-hydroxylation sites is 1. The zero-order chi connectivity index (χ0) is 24.2. The molecule has 1 saturated carbocycles. The molecule has 3 rings (SSSR count). The van der Waals surface area contributed by atoms with Crippen molar-refractivity contribution >= 4 is 29.3 Å². The summed E-state index contributed by atoms with van der Waals surface area (Å²) in [5.41, 5.74) is 1.91. The van der Waals surface area contributed by atoms with Gasteiger partial charge in [-0.25, -0.2) is 9.59 Å². The van der Waals surface area contributed by atoms with Gasteiger partial charge in [-0.2, -0.15) is 0 Å². The first kappa shape index (κ1) is 25.3. The largest absolute Gasteiger partial charge is 0.462 e. The van der Waals surface area contributed by atoms with E-state index in [1.165, 1.54) is 25.7 Å². The Labute approximate surface area is 201 Å². The van der Waals surface area contributed by atoms with E-state index in [2.05, 4.69) is 10.6 Å². The minimum absolute atomic E-state index is 0.143. The summed E-state index contributed by atoms with van der Waals surface area (Å²) in [6.45, 7) is 3.05. The second-order valence-corrected chi connectivity index (χ2v) is 8.60. The third kappa shape index (κ3) is 7.90. The number of rotatable bonds is 11. The normalized spacial score (nSPS) is 13.3. The molecule has 1 aliphatic carbocycles. The highest BCUT2D eigenvalue weighted by molar-refractivity contribution is 5.93. The number of carbonyl (C=O) groups is 3. The summed E-state index contributed by atoms with van der Waals surface area (Å²) in [7, 11) is 0. The Morgan fingerprint density at radius 2 is 1.71 bits per heavy atom. The summed E-state index contributed by atoms with van der Waals surface area (Å²) in [6.07, 6.45) is 7.20. The van der Waals surface area contributed by atoms with Gasteiger partial charge in [-0.1, -0.05) is 43.9 Å². The number of esters is 1. The first-order chi connectivity index (χ1) is 16.6. The second kappa shape index (κ2) is 13.4. The highest BCUT2D eigenvalue weighted by Gasteiger charge is 2.20.